The zero-order chi connectivity index (χ0) is 34.1. The molecule has 10 rings (SSSR count). The summed E-state index contributed by atoms with van der Waals surface area (Å²) in [6.45, 7) is 4.67. The second kappa shape index (κ2) is 11.3. The van der Waals surface area contributed by atoms with Crippen LogP contribution in [0.2, 0.25) is 0 Å². The molecule has 0 spiro atoms. The lowest BCUT2D eigenvalue weighted by molar-refractivity contribution is 0.660. The van der Waals surface area contributed by atoms with Crippen molar-refractivity contribution in [3.05, 3.63) is 193 Å². The van der Waals surface area contributed by atoms with Crippen LogP contribution >= 0.6 is 0 Å². The third-order valence-electron chi connectivity index (χ3n) is 11.0. The Labute approximate surface area is 298 Å². The van der Waals surface area contributed by atoms with E-state index in [2.05, 4.69) is 205 Å². The third-order valence-corrected chi connectivity index (χ3v) is 11.0. The number of hydrogen-bond acceptors (Lipinski definition) is 1. The average Bonchev–Trinajstić information content (AvgIpc) is 3.63. The van der Waals surface area contributed by atoms with Crippen molar-refractivity contribution >= 4 is 49.6 Å². The standard InChI is InChI=1S/C49H36N2/c1-49(2)45-18-10-8-16-41(45)43-32-40(27-28-46(43)49)50(37-14-4-3-5-15-37)38-24-20-34(21-25-38)36-23-29-48-44(31-36)42-17-9-11-19-47(42)51(48)39-26-22-33-12-6-7-13-35(33)30-39/h3-32H,1-2H3. The van der Waals surface area contributed by atoms with Crippen molar-refractivity contribution in [1.82, 2.24) is 4.57 Å². The predicted octanol–water partition coefficient (Wildman–Crippen LogP) is 13.4. The van der Waals surface area contributed by atoms with Crippen LogP contribution in [0.3, 0.4) is 0 Å². The predicted molar refractivity (Wildman–Crippen MR) is 216 cm³/mol. The summed E-state index contributed by atoms with van der Waals surface area (Å²) in [5.41, 5.74) is 14.8. The maximum Gasteiger partial charge on any atom is 0.0541 e. The number of fused-ring (bicyclic) bond motifs is 7. The van der Waals surface area contributed by atoms with E-state index >= 15 is 0 Å². The molecule has 0 amide bonds. The number of para-hydroxylation sites is 2. The average molecular weight is 653 g/mol. The van der Waals surface area contributed by atoms with E-state index in [1.807, 2.05) is 0 Å². The maximum absolute atomic E-state index is 2.40. The quantitative estimate of drug-likeness (QED) is 0.180. The Morgan fingerprint density at radius 1 is 0.412 bits per heavy atom. The molecule has 0 radical (unpaired) electrons. The van der Waals surface area contributed by atoms with Gasteiger partial charge in [-0.1, -0.05) is 129 Å². The fourth-order valence-corrected chi connectivity index (χ4v) is 8.42. The number of anilines is 3. The molecule has 0 atom stereocenters. The fourth-order valence-electron chi connectivity index (χ4n) is 8.42. The molecular formula is C49H36N2. The zero-order valence-electron chi connectivity index (χ0n) is 28.7. The highest BCUT2D eigenvalue weighted by molar-refractivity contribution is 6.10. The van der Waals surface area contributed by atoms with Gasteiger partial charge in [0, 0.05) is 38.9 Å². The molecule has 0 unspecified atom stereocenters. The summed E-state index contributed by atoms with van der Waals surface area (Å²) >= 11 is 0. The molecule has 2 heteroatoms. The van der Waals surface area contributed by atoms with Crippen LogP contribution in [0.4, 0.5) is 17.1 Å². The largest absolute Gasteiger partial charge is 0.310 e. The molecule has 1 heterocycles. The van der Waals surface area contributed by atoms with Crippen molar-refractivity contribution in [1.29, 1.82) is 0 Å². The van der Waals surface area contributed by atoms with Crippen molar-refractivity contribution in [3.63, 3.8) is 0 Å². The molecule has 242 valence electrons. The van der Waals surface area contributed by atoms with E-state index in [-0.39, 0.29) is 5.41 Å². The molecule has 8 aromatic carbocycles. The molecule has 2 nitrogen and oxygen atoms in total. The molecule has 0 saturated heterocycles. The van der Waals surface area contributed by atoms with Crippen molar-refractivity contribution in [2.45, 2.75) is 19.3 Å². The van der Waals surface area contributed by atoms with Gasteiger partial charge in [0.2, 0.25) is 0 Å². The molecule has 1 aliphatic rings. The van der Waals surface area contributed by atoms with Gasteiger partial charge in [-0.3, -0.25) is 0 Å². The van der Waals surface area contributed by atoms with E-state index in [1.165, 1.54) is 71.6 Å². The molecule has 0 bridgehead atoms. The van der Waals surface area contributed by atoms with Crippen LogP contribution in [-0.2, 0) is 5.41 Å². The Bertz CT molecular complexity index is 2770. The fraction of sp³-hybridized carbons (Fsp3) is 0.0612. The Kier molecular flexibility index (Phi) is 6.56. The summed E-state index contributed by atoms with van der Waals surface area (Å²) in [6.07, 6.45) is 0. The van der Waals surface area contributed by atoms with E-state index in [9.17, 15) is 0 Å². The van der Waals surface area contributed by atoms with E-state index in [0.717, 1.165) is 17.1 Å². The monoisotopic (exact) mass is 652 g/mol. The van der Waals surface area contributed by atoms with Crippen LogP contribution in [0, 0.1) is 0 Å². The first-order valence-electron chi connectivity index (χ1n) is 17.8. The van der Waals surface area contributed by atoms with Crippen molar-refractivity contribution in [2.75, 3.05) is 4.90 Å². The van der Waals surface area contributed by atoms with Gasteiger partial charge in [0.05, 0.1) is 11.0 Å². The van der Waals surface area contributed by atoms with Crippen LogP contribution in [-0.4, -0.2) is 4.57 Å². The lowest BCUT2D eigenvalue weighted by Gasteiger charge is -2.27. The SMILES string of the molecule is CC1(C)c2ccccc2-c2cc(N(c3ccccc3)c3ccc(-c4ccc5c(c4)c4ccccc4n5-c4ccc5ccccc5c4)cc3)ccc21. The number of rotatable bonds is 5. The molecule has 0 N–H and O–H groups in total. The summed E-state index contributed by atoms with van der Waals surface area (Å²) < 4.78 is 2.40. The van der Waals surface area contributed by atoms with Crippen LogP contribution < -0.4 is 4.90 Å². The molecular weight excluding hydrogens is 617 g/mol. The normalized spacial score (nSPS) is 13.1. The summed E-state index contributed by atoms with van der Waals surface area (Å²) in [4.78, 5) is 2.37. The molecule has 1 aromatic heterocycles. The lowest BCUT2D eigenvalue weighted by Crippen LogP contribution is -2.15. The van der Waals surface area contributed by atoms with Crippen LogP contribution in [0.25, 0.3) is 60.5 Å². The van der Waals surface area contributed by atoms with Crippen molar-refractivity contribution in [3.8, 4) is 27.9 Å². The minimum atomic E-state index is -0.0213. The first kappa shape index (κ1) is 29.5. The van der Waals surface area contributed by atoms with E-state index < -0.39 is 0 Å². The topological polar surface area (TPSA) is 8.17 Å². The van der Waals surface area contributed by atoms with Gasteiger partial charge < -0.3 is 9.47 Å². The summed E-state index contributed by atoms with van der Waals surface area (Å²) in [6, 6.07) is 66.6. The first-order valence-corrected chi connectivity index (χ1v) is 17.8. The smallest absolute Gasteiger partial charge is 0.0541 e. The van der Waals surface area contributed by atoms with Gasteiger partial charge in [-0.15, -0.1) is 0 Å². The van der Waals surface area contributed by atoms with Gasteiger partial charge >= 0.3 is 0 Å². The Hall–Kier alpha value is -6.38. The van der Waals surface area contributed by atoms with Gasteiger partial charge in [0.25, 0.3) is 0 Å². The van der Waals surface area contributed by atoms with E-state index in [0.29, 0.717) is 0 Å². The van der Waals surface area contributed by atoms with Gasteiger partial charge in [-0.05, 0) is 111 Å². The Morgan fingerprint density at radius 3 is 1.92 bits per heavy atom. The van der Waals surface area contributed by atoms with Gasteiger partial charge in [-0.25, -0.2) is 0 Å². The molecule has 1 aliphatic carbocycles. The van der Waals surface area contributed by atoms with Gasteiger partial charge in [-0.2, -0.15) is 0 Å². The molecule has 51 heavy (non-hydrogen) atoms. The minimum absolute atomic E-state index is 0.0213. The highest BCUT2D eigenvalue weighted by Crippen LogP contribution is 2.50. The second-order valence-corrected chi connectivity index (χ2v) is 14.2. The number of aromatic nitrogens is 1. The van der Waals surface area contributed by atoms with Gasteiger partial charge in [0.1, 0.15) is 0 Å². The number of hydrogen-bond donors (Lipinski definition) is 0. The first-order chi connectivity index (χ1) is 25.0. The highest BCUT2D eigenvalue weighted by atomic mass is 15.1. The van der Waals surface area contributed by atoms with Crippen LogP contribution in [0.15, 0.2) is 182 Å². The number of benzene rings is 8. The molecule has 0 fully saturated rings. The Morgan fingerprint density at radius 2 is 1.06 bits per heavy atom. The molecule has 0 saturated carbocycles. The Balaban J connectivity index is 1.06. The minimum Gasteiger partial charge on any atom is -0.310 e. The maximum atomic E-state index is 2.40. The lowest BCUT2D eigenvalue weighted by atomic mass is 9.82. The number of nitrogens with zero attached hydrogens (tertiary/aromatic N) is 2. The zero-order valence-corrected chi connectivity index (χ0v) is 28.7. The third kappa shape index (κ3) is 4.64. The second-order valence-electron chi connectivity index (χ2n) is 14.2. The summed E-state index contributed by atoms with van der Waals surface area (Å²) in [7, 11) is 0. The summed E-state index contributed by atoms with van der Waals surface area (Å²) in [5.74, 6) is 0. The molecule has 9 aromatic rings. The van der Waals surface area contributed by atoms with E-state index in [1.54, 1.807) is 0 Å². The van der Waals surface area contributed by atoms with Crippen molar-refractivity contribution in [2.24, 2.45) is 0 Å². The van der Waals surface area contributed by atoms with Crippen LogP contribution in [0.5, 0.6) is 0 Å². The molecule has 0 aliphatic heterocycles. The van der Waals surface area contributed by atoms with Crippen LogP contribution in [0.1, 0.15) is 25.0 Å². The highest BCUT2D eigenvalue weighted by Gasteiger charge is 2.35. The van der Waals surface area contributed by atoms with Gasteiger partial charge in [0.15, 0.2) is 0 Å². The van der Waals surface area contributed by atoms with E-state index in [4.69, 9.17) is 0 Å². The summed E-state index contributed by atoms with van der Waals surface area (Å²) in [5, 5.41) is 5.02. The van der Waals surface area contributed by atoms with Crippen molar-refractivity contribution < 1.29 is 0 Å².